The van der Waals surface area contributed by atoms with Crippen LogP contribution in [0.25, 0.3) is 44.7 Å². The molecular weight excluding hydrogens is 880 g/mol. The van der Waals surface area contributed by atoms with Gasteiger partial charge in [0.1, 0.15) is 46.2 Å². The molecule has 2 fully saturated rings. The number of imidazole rings is 2. The molecule has 9 rings (SSSR count). The van der Waals surface area contributed by atoms with E-state index in [1.54, 1.807) is 34.3 Å². The number of hydrogen-bond acceptors (Lipinski definition) is 11. The number of ether oxygens (including phenoxy) is 3. The number of H-pyrrole nitrogens is 2. The number of benzene rings is 2. The highest BCUT2D eigenvalue weighted by atomic mass is 32.1. The van der Waals surface area contributed by atoms with Gasteiger partial charge >= 0.3 is 12.2 Å². The number of rotatable bonds is 11. The van der Waals surface area contributed by atoms with Crippen molar-refractivity contribution >= 4 is 46.2 Å². The Kier molecular flexibility index (Phi) is 12.2. The molecule has 5 atom stereocenters. The van der Waals surface area contributed by atoms with E-state index in [-0.39, 0.29) is 41.3 Å². The van der Waals surface area contributed by atoms with Gasteiger partial charge in [0, 0.05) is 29.6 Å². The fourth-order valence-corrected chi connectivity index (χ4v) is 10.3. The van der Waals surface area contributed by atoms with Gasteiger partial charge in [0.25, 0.3) is 0 Å². The second-order valence-electron chi connectivity index (χ2n) is 17.7. The number of nitriles is 1. The largest absolute Gasteiger partial charge is 0.464 e. The summed E-state index contributed by atoms with van der Waals surface area (Å²) in [6, 6.07) is 14.6. The number of nitrogens with zero attached hydrogens (tertiary/aromatic N) is 6. The molecule has 0 aliphatic carbocycles. The zero-order valence-corrected chi connectivity index (χ0v) is 38.7. The van der Waals surface area contributed by atoms with Gasteiger partial charge in [0.15, 0.2) is 0 Å². The molecule has 17 nitrogen and oxygen atoms in total. The maximum atomic E-state index is 16.8. The molecule has 19 heteroatoms. The first-order valence-electron chi connectivity index (χ1n) is 22.3. The first kappa shape index (κ1) is 45.0. The summed E-state index contributed by atoms with van der Waals surface area (Å²) in [6.45, 7) is 8.48. The average molecular weight is 931 g/mol. The molecule has 0 bridgehead atoms. The molecule has 4 amide bonds. The van der Waals surface area contributed by atoms with E-state index in [1.165, 1.54) is 31.6 Å². The number of alkyl carbamates (subject to hydrolysis) is 2. The van der Waals surface area contributed by atoms with Gasteiger partial charge in [0.2, 0.25) is 18.0 Å². The monoisotopic (exact) mass is 930 g/mol. The van der Waals surface area contributed by atoms with Crippen molar-refractivity contribution in [1.29, 1.82) is 5.26 Å². The Bertz CT molecular complexity index is 2930. The summed E-state index contributed by atoms with van der Waals surface area (Å²) < 4.78 is 35.1. The quantitative estimate of drug-likeness (QED) is 0.0978. The number of methoxy groups -OCH3 is 2. The van der Waals surface area contributed by atoms with Crippen LogP contribution < -0.4 is 15.4 Å². The molecule has 348 valence electrons. The predicted octanol–water partition coefficient (Wildman–Crippen LogP) is 8.19. The lowest BCUT2D eigenvalue weighted by Crippen LogP contribution is -2.51. The van der Waals surface area contributed by atoms with Crippen molar-refractivity contribution in [2.45, 2.75) is 83.8 Å². The Morgan fingerprint density at radius 1 is 0.821 bits per heavy atom. The van der Waals surface area contributed by atoms with Crippen molar-refractivity contribution in [2.24, 2.45) is 11.8 Å². The standard InChI is InChI=1S/C48H51FN10O7S/c1-24(2)40(55-47(62)64-5)44(60)57-15-7-9-34(57)42-51-22-31(53-42)26-11-13-33-28(17-26)19-36-39-30(49)18-27(20-37(39)66-46(59(33)36)38-14-12-29(21-50)67-38)32-23-52-43(54-32)35-10-8-16-58(35)45(61)41(25(3)4)56-48(63)65-6/h11-14,17-20,22-25,34-35,40-41,46H,7-10,15-16H2,1-6H3,(H,51,53)(H,52,54)(H,55,62)(H,56,63)/t34-,35-,40-,41-,46?/m0/s1. The van der Waals surface area contributed by atoms with E-state index in [1.807, 2.05) is 62.6 Å². The molecule has 0 saturated carbocycles. The second kappa shape index (κ2) is 18.2. The highest BCUT2D eigenvalue weighted by molar-refractivity contribution is 7.12. The fraction of sp³-hybridized carbons (Fsp3) is 0.396. The minimum Gasteiger partial charge on any atom is -0.464 e. The predicted molar refractivity (Wildman–Crippen MR) is 246 cm³/mol. The van der Waals surface area contributed by atoms with E-state index in [0.717, 1.165) is 39.9 Å². The number of fused-ring (bicyclic) bond motifs is 5. The lowest BCUT2D eigenvalue weighted by atomic mass is 10.0. The van der Waals surface area contributed by atoms with Gasteiger partial charge in [-0.05, 0) is 80.0 Å². The highest BCUT2D eigenvalue weighted by Crippen LogP contribution is 2.48. The minimum absolute atomic E-state index is 0.165. The fourth-order valence-electron chi connectivity index (χ4n) is 9.52. The normalized spacial score (nSPS) is 18.6. The number of carbonyl (C=O) groups is 4. The highest BCUT2D eigenvalue weighted by Gasteiger charge is 2.40. The van der Waals surface area contributed by atoms with Crippen LogP contribution in [0.3, 0.4) is 0 Å². The van der Waals surface area contributed by atoms with E-state index in [4.69, 9.17) is 19.2 Å². The maximum absolute atomic E-state index is 16.8. The number of aromatic amines is 2. The van der Waals surface area contributed by atoms with E-state index >= 15 is 4.39 Å². The third kappa shape index (κ3) is 8.34. The van der Waals surface area contributed by atoms with Crippen LogP contribution in [0.1, 0.15) is 93.1 Å². The molecule has 0 spiro atoms. The van der Waals surface area contributed by atoms with Gasteiger partial charge in [-0.2, -0.15) is 5.26 Å². The summed E-state index contributed by atoms with van der Waals surface area (Å²) in [5.41, 5.74) is 4.23. The Balaban J connectivity index is 1.03. The summed E-state index contributed by atoms with van der Waals surface area (Å²) in [5.74, 6) is 0.181. The molecule has 2 aromatic carbocycles. The van der Waals surface area contributed by atoms with Crippen LogP contribution in [0, 0.1) is 29.0 Å². The van der Waals surface area contributed by atoms with Crippen molar-refractivity contribution in [3.05, 3.63) is 88.1 Å². The van der Waals surface area contributed by atoms with E-state index in [9.17, 15) is 24.4 Å². The topological polar surface area (TPSA) is 213 Å². The number of likely N-dealkylation sites (tertiary alicyclic amines) is 2. The van der Waals surface area contributed by atoms with Gasteiger partial charge in [-0.25, -0.2) is 23.9 Å². The lowest BCUT2D eigenvalue weighted by Gasteiger charge is -2.30. The number of hydrogen-bond donors (Lipinski definition) is 4. The van der Waals surface area contributed by atoms with Crippen LogP contribution in [-0.2, 0) is 19.1 Å². The first-order valence-corrected chi connectivity index (χ1v) is 23.2. The van der Waals surface area contributed by atoms with Crippen LogP contribution in [0.4, 0.5) is 14.0 Å². The smallest absolute Gasteiger partial charge is 0.407 e. The zero-order chi connectivity index (χ0) is 47.3. The Hall–Kier alpha value is -7.20. The Labute approximate surface area is 389 Å². The van der Waals surface area contributed by atoms with E-state index in [2.05, 4.69) is 31.7 Å². The Morgan fingerprint density at radius 3 is 1.94 bits per heavy atom. The van der Waals surface area contributed by atoms with Crippen molar-refractivity contribution in [2.75, 3.05) is 27.3 Å². The van der Waals surface area contributed by atoms with Crippen molar-refractivity contribution in [3.8, 4) is 45.6 Å². The number of nitrogens with one attached hydrogen (secondary N) is 4. The third-order valence-electron chi connectivity index (χ3n) is 12.9. The van der Waals surface area contributed by atoms with Crippen LogP contribution in [0.15, 0.2) is 60.9 Å². The molecule has 4 N–H and O–H groups in total. The molecule has 2 saturated heterocycles. The third-order valence-corrected chi connectivity index (χ3v) is 13.9. The first-order chi connectivity index (χ1) is 32.3. The molecule has 67 heavy (non-hydrogen) atoms. The number of halogens is 1. The van der Waals surface area contributed by atoms with Gasteiger partial charge in [-0.15, -0.1) is 11.3 Å². The van der Waals surface area contributed by atoms with Crippen LogP contribution in [0.5, 0.6) is 5.75 Å². The van der Waals surface area contributed by atoms with Crippen molar-refractivity contribution in [3.63, 3.8) is 0 Å². The molecule has 1 unspecified atom stereocenters. The van der Waals surface area contributed by atoms with Crippen LogP contribution >= 0.6 is 11.3 Å². The molecule has 6 aromatic rings. The maximum Gasteiger partial charge on any atom is 0.407 e. The molecule has 7 heterocycles. The van der Waals surface area contributed by atoms with Gasteiger partial charge < -0.3 is 44.6 Å². The summed E-state index contributed by atoms with van der Waals surface area (Å²) in [4.78, 5) is 72.7. The van der Waals surface area contributed by atoms with Crippen molar-refractivity contribution in [1.82, 2.24) is 44.9 Å². The van der Waals surface area contributed by atoms with Gasteiger partial charge in [-0.1, -0.05) is 33.8 Å². The van der Waals surface area contributed by atoms with Crippen LogP contribution in [-0.4, -0.2) is 97.7 Å². The number of amides is 4. The van der Waals surface area contributed by atoms with E-state index in [0.29, 0.717) is 65.2 Å². The zero-order valence-electron chi connectivity index (χ0n) is 37.9. The molecular formula is C48H51FN10O7S. The summed E-state index contributed by atoms with van der Waals surface area (Å²) in [6.07, 6.45) is 4.16. The van der Waals surface area contributed by atoms with E-state index < -0.39 is 36.3 Å². The minimum atomic E-state index is -0.787. The van der Waals surface area contributed by atoms with Gasteiger partial charge in [-0.3, -0.25) is 14.2 Å². The molecule has 4 aromatic heterocycles. The van der Waals surface area contributed by atoms with Crippen molar-refractivity contribution < 1.29 is 37.8 Å². The molecule has 3 aliphatic heterocycles. The van der Waals surface area contributed by atoms with Gasteiger partial charge in [0.05, 0.1) is 71.7 Å². The Morgan fingerprint density at radius 2 is 1.40 bits per heavy atom. The second-order valence-corrected chi connectivity index (χ2v) is 18.9. The summed E-state index contributed by atoms with van der Waals surface area (Å²) in [7, 11) is 2.52. The number of aromatic nitrogens is 5. The number of thiophene rings is 1. The molecule has 3 aliphatic rings. The summed E-state index contributed by atoms with van der Waals surface area (Å²) >= 11 is 1.30. The number of carbonyl (C=O) groups excluding carboxylic acids is 4. The average Bonchev–Trinajstić information content (AvgIpc) is 4.18. The van der Waals surface area contributed by atoms with Crippen LogP contribution in [0.2, 0.25) is 0 Å². The molecule has 0 radical (unpaired) electrons. The SMILES string of the molecule is COC(=O)N[C@H](C(=O)N1CCC[C@H]1c1ncc(-c2cc(F)c3c(c2)OC(c2ccc(C#N)s2)n2c-3cc3cc(-c4cnc([C@@H]5CCCN5C(=O)[C@@H](NC(=O)OC)C(C)C)[nH]4)ccc32)[nH]1)C(C)C. The summed E-state index contributed by atoms with van der Waals surface area (Å²) in [5, 5.41) is 15.9. The lowest BCUT2D eigenvalue weighted by molar-refractivity contribution is -0.136.